The number of imidazole rings is 1. The summed E-state index contributed by atoms with van der Waals surface area (Å²) < 4.78 is 5.55. The van der Waals surface area contributed by atoms with Crippen molar-refractivity contribution in [2.75, 3.05) is 13.2 Å². The maximum atomic E-state index is 11.7. The van der Waals surface area contributed by atoms with Crippen LogP contribution in [0.2, 0.25) is 0 Å². The van der Waals surface area contributed by atoms with Crippen molar-refractivity contribution >= 4 is 5.91 Å². The van der Waals surface area contributed by atoms with E-state index in [9.17, 15) is 4.79 Å². The molecular formula is C16H19N3O2. The van der Waals surface area contributed by atoms with Gasteiger partial charge in [-0.25, -0.2) is 4.98 Å². The van der Waals surface area contributed by atoms with Crippen molar-refractivity contribution in [3.8, 4) is 5.75 Å². The first-order valence-corrected chi connectivity index (χ1v) is 7.30. The summed E-state index contributed by atoms with van der Waals surface area (Å²) in [6, 6.07) is 6.11. The van der Waals surface area contributed by atoms with Gasteiger partial charge in [-0.1, -0.05) is 6.07 Å². The molecule has 0 bridgehead atoms. The second-order valence-electron chi connectivity index (χ2n) is 5.25. The lowest BCUT2D eigenvalue weighted by molar-refractivity contribution is -0.123. The zero-order chi connectivity index (χ0) is 14.5. The van der Waals surface area contributed by atoms with E-state index in [2.05, 4.69) is 27.4 Å². The van der Waals surface area contributed by atoms with E-state index in [-0.39, 0.29) is 12.5 Å². The van der Waals surface area contributed by atoms with E-state index in [1.807, 2.05) is 6.07 Å². The SMILES string of the molecule is O=C(COc1ccc2c(c1)CCC2)NCCc1cnc[nH]1. The molecule has 2 N–H and O–H groups in total. The molecule has 0 saturated heterocycles. The molecule has 5 heteroatoms. The van der Waals surface area contributed by atoms with E-state index in [1.54, 1.807) is 12.5 Å². The van der Waals surface area contributed by atoms with E-state index in [0.29, 0.717) is 6.54 Å². The number of nitrogens with zero attached hydrogens (tertiary/aromatic N) is 1. The van der Waals surface area contributed by atoms with Crippen LogP contribution < -0.4 is 10.1 Å². The summed E-state index contributed by atoms with van der Waals surface area (Å²) in [6.07, 6.45) is 7.62. The van der Waals surface area contributed by atoms with Crippen LogP contribution in [-0.4, -0.2) is 29.0 Å². The van der Waals surface area contributed by atoms with Crippen molar-refractivity contribution in [2.45, 2.75) is 25.7 Å². The first-order valence-electron chi connectivity index (χ1n) is 7.30. The van der Waals surface area contributed by atoms with Crippen LogP contribution in [0, 0.1) is 0 Å². The highest BCUT2D eigenvalue weighted by Gasteiger charge is 2.11. The average molecular weight is 285 g/mol. The molecule has 110 valence electrons. The van der Waals surface area contributed by atoms with Crippen LogP contribution in [0.4, 0.5) is 0 Å². The number of H-pyrrole nitrogens is 1. The number of hydrogen-bond donors (Lipinski definition) is 2. The number of carbonyl (C=O) groups excluding carboxylic acids is 1. The number of fused-ring (bicyclic) bond motifs is 1. The number of rotatable bonds is 6. The minimum Gasteiger partial charge on any atom is -0.484 e. The molecular weight excluding hydrogens is 266 g/mol. The smallest absolute Gasteiger partial charge is 0.257 e. The highest BCUT2D eigenvalue weighted by molar-refractivity contribution is 5.77. The molecule has 0 aliphatic heterocycles. The topological polar surface area (TPSA) is 67.0 Å². The number of carbonyl (C=O) groups is 1. The number of aromatic amines is 1. The second kappa shape index (κ2) is 6.43. The summed E-state index contributed by atoms with van der Waals surface area (Å²) in [6.45, 7) is 0.635. The molecule has 1 amide bonds. The van der Waals surface area contributed by atoms with Crippen molar-refractivity contribution in [1.29, 1.82) is 0 Å². The number of amides is 1. The highest BCUT2D eigenvalue weighted by Crippen LogP contribution is 2.25. The monoisotopic (exact) mass is 285 g/mol. The third-order valence-electron chi connectivity index (χ3n) is 3.71. The molecule has 0 radical (unpaired) electrons. The first-order chi connectivity index (χ1) is 10.3. The molecule has 2 aromatic rings. The lowest BCUT2D eigenvalue weighted by Gasteiger charge is -2.08. The maximum absolute atomic E-state index is 11.7. The summed E-state index contributed by atoms with van der Waals surface area (Å²) in [5, 5.41) is 2.83. The molecule has 3 rings (SSSR count). The van der Waals surface area contributed by atoms with Gasteiger partial charge in [-0.3, -0.25) is 4.79 Å². The van der Waals surface area contributed by atoms with E-state index in [0.717, 1.165) is 30.7 Å². The van der Waals surface area contributed by atoms with Crippen LogP contribution >= 0.6 is 0 Å². The fourth-order valence-corrected chi connectivity index (χ4v) is 2.60. The van der Waals surface area contributed by atoms with Crippen molar-refractivity contribution in [3.05, 3.63) is 47.5 Å². The summed E-state index contributed by atoms with van der Waals surface area (Å²) in [5.74, 6) is 0.675. The Hall–Kier alpha value is -2.30. The van der Waals surface area contributed by atoms with Crippen LogP contribution in [0.3, 0.4) is 0 Å². The number of aromatic nitrogens is 2. The van der Waals surface area contributed by atoms with Crippen LogP contribution in [0.1, 0.15) is 23.2 Å². The highest BCUT2D eigenvalue weighted by atomic mass is 16.5. The Labute approximate surface area is 123 Å². The summed E-state index contributed by atoms with van der Waals surface area (Å²) in [5.41, 5.74) is 3.77. The molecule has 1 aliphatic rings. The number of aryl methyl sites for hydroxylation is 2. The van der Waals surface area contributed by atoms with E-state index in [4.69, 9.17) is 4.74 Å². The Bertz CT molecular complexity index is 608. The molecule has 1 aromatic heterocycles. The number of benzene rings is 1. The van der Waals surface area contributed by atoms with Gasteiger partial charge in [-0.15, -0.1) is 0 Å². The molecule has 0 unspecified atom stereocenters. The van der Waals surface area contributed by atoms with Gasteiger partial charge in [0.05, 0.1) is 6.33 Å². The predicted octanol–water partition coefficient (Wildman–Crippen LogP) is 1.64. The number of ether oxygens (including phenoxy) is 1. The minimum absolute atomic E-state index is 0.0573. The van der Waals surface area contributed by atoms with E-state index in [1.165, 1.54) is 17.5 Å². The first kappa shape index (κ1) is 13.7. The predicted molar refractivity (Wildman–Crippen MR) is 79.3 cm³/mol. The van der Waals surface area contributed by atoms with Gasteiger partial charge in [0.25, 0.3) is 5.91 Å². The van der Waals surface area contributed by atoms with E-state index >= 15 is 0 Å². The third kappa shape index (κ3) is 3.62. The van der Waals surface area contributed by atoms with Crippen LogP contribution in [0.15, 0.2) is 30.7 Å². The Morgan fingerprint density at radius 3 is 3.10 bits per heavy atom. The standard InChI is InChI=1S/C16H19N3O2/c20-16(18-7-6-14-9-17-11-19-14)10-21-15-5-4-12-2-1-3-13(12)8-15/h4-5,8-9,11H,1-3,6-7,10H2,(H,17,19)(H,18,20). The van der Waals surface area contributed by atoms with E-state index < -0.39 is 0 Å². The minimum atomic E-state index is -0.102. The molecule has 5 nitrogen and oxygen atoms in total. The van der Waals surface area contributed by atoms with Gasteiger partial charge in [0.1, 0.15) is 5.75 Å². The van der Waals surface area contributed by atoms with Crippen molar-refractivity contribution in [1.82, 2.24) is 15.3 Å². The summed E-state index contributed by atoms with van der Waals surface area (Å²) in [4.78, 5) is 18.6. The van der Waals surface area contributed by atoms with Crippen molar-refractivity contribution < 1.29 is 9.53 Å². The van der Waals surface area contributed by atoms with Gasteiger partial charge in [-0.05, 0) is 42.5 Å². The number of hydrogen-bond acceptors (Lipinski definition) is 3. The van der Waals surface area contributed by atoms with Crippen LogP contribution in [0.5, 0.6) is 5.75 Å². The van der Waals surface area contributed by atoms with Crippen molar-refractivity contribution in [2.24, 2.45) is 0 Å². The Balaban J connectivity index is 1.41. The van der Waals surface area contributed by atoms with Gasteiger partial charge in [-0.2, -0.15) is 0 Å². The summed E-state index contributed by atoms with van der Waals surface area (Å²) in [7, 11) is 0. The molecule has 1 heterocycles. The molecule has 21 heavy (non-hydrogen) atoms. The Morgan fingerprint density at radius 2 is 2.24 bits per heavy atom. The molecule has 0 spiro atoms. The largest absolute Gasteiger partial charge is 0.484 e. The second-order valence-corrected chi connectivity index (χ2v) is 5.25. The zero-order valence-electron chi connectivity index (χ0n) is 11.9. The summed E-state index contributed by atoms with van der Waals surface area (Å²) >= 11 is 0. The van der Waals surface area contributed by atoms with Gasteiger partial charge in [0, 0.05) is 24.9 Å². The van der Waals surface area contributed by atoms with Crippen LogP contribution in [-0.2, 0) is 24.1 Å². The quantitative estimate of drug-likeness (QED) is 0.848. The molecule has 0 atom stereocenters. The van der Waals surface area contributed by atoms with Crippen LogP contribution in [0.25, 0.3) is 0 Å². The normalized spacial score (nSPS) is 13.0. The maximum Gasteiger partial charge on any atom is 0.257 e. The van der Waals surface area contributed by atoms with Gasteiger partial charge in [0.2, 0.25) is 0 Å². The lowest BCUT2D eigenvalue weighted by Crippen LogP contribution is -2.30. The molecule has 0 saturated carbocycles. The van der Waals surface area contributed by atoms with Crippen molar-refractivity contribution in [3.63, 3.8) is 0 Å². The van der Waals surface area contributed by atoms with Gasteiger partial charge < -0.3 is 15.0 Å². The lowest BCUT2D eigenvalue weighted by atomic mass is 10.1. The zero-order valence-corrected chi connectivity index (χ0v) is 11.9. The number of nitrogens with one attached hydrogen (secondary N) is 2. The Morgan fingerprint density at radius 1 is 1.33 bits per heavy atom. The van der Waals surface area contributed by atoms with Gasteiger partial charge >= 0.3 is 0 Å². The molecule has 0 fully saturated rings. The fraction of sp³-hybridized carbons (Fsp3) is 0.375. The molecule has 1 aromatic carbocycles. The third-order valence-corrected chi connectivity index (χ3v) is 3.71. The fourth-order valence-electron chi connectivity index (χ4n) is 2.60. The Kier molecular flexibility index (Phi) is 4.19. The molecule has 1 aliphatic carbocycles. The van der Waals surface area contributed by atoms with Gasteiger partial charge in [0.15, 0.2) is 6.61 Å². The average Bonchev–Trinajstić information content (AvgIpc) is 3.15.